The van der Waals surface area contributed by atoms with Crippen molar-refractivity contribution in [1.82, 2.24) is 0 Å². The Labute approximate surface area is 78.2 Å². The van der Waals surface area contributed by atoms with E-state index in [4.69, 9.17) is 0 Å². The van der Waals surface area contributed by atoms with Crippen molar-refractivity contribution >= 4 is 10.1 Å². The zero-order chi connectivity index (χ0) is 9.90. The lowest BCUT2D eigenvalue weighted by atomic mass is 10.1. The summed E-state index contributed by atoms with van der Waals surface area (Å²) in [6.07, 6.45) is 0.298. The summed E-state index contributed by atoms with van der Waals surface area (Å²) in [7, 11) is -4.08. The SMILES string of the molecule is Cc1ccc(CCS(=O)(=O)[O-])cc1. The monoisotopic (exact) mass is 199 g/mol. The first-order valence-electron chi connectivity index (χ1n) is 3.96. The lowest BCUT2D eigenvalue weighted by molar-refractivity contribution is 0.462. The van der Waals surface area contributed by atoms with Gasteiger partial charge in [-0.1, -0.05) is 29.8 Å². The van der Waals surface area contributed by atoms with E-state index in [1.54, 1.807) is 0 Å². The van der Waals surface area contributed by atoms with Crippen LogP contribution in [0, 0.1) is 6.92 Å². The van der Waals surface area contributed by atoms with Crippen molar-refractivity contribution in [3.05, 3.63) is 35.4 Å². The van der Waals surface area contributed by atoms with Crippen LogP contribution in [0.15, 0.2) is 24.3 Å². The Hall–Kier alpha value is -0.870. The van der Waals surface area contributed by atoms with Gasteiger partial charge in [-0.05, 0) is 18.9 Å². The highest BCUT2D eigenvalue weighted by atomic mass is 32.2. The molecule has 3 nitrogen and oxygen atoms in total. The van der Waals surface area contributed by atoms with E-state index in [0.717, 1.165) is 11.1 Å². The molecule has 72 valence electrons. The molecule has 13 heavy (non-hydrogen) atoms. The van der Waals surface area contributed by atoms with Crippen LogP contribution in [-0.4, -0.2) is 18.7 Å². The highest BCUT2D eigenvalue weighted by Crippen LogP contribution is 2.04. The van der Waals surface area contributed by atoms with Crippen molar-refractivity contribution in [2.75, 3.05) is 5.75 Å². The van der Waals surface area contributed by atoms with E-state index in [-0.39, 0.29) is 5.75 Å². The zero-order valence-corrected chi connectivity index (χ0v) is 8.17. The average Bonchev–Trinajstić information content (AvgIpc) is 2.02. The molecule has 0 aliphatic rings. The molecular weight excluding hydrogens is 188 g/mol. The Bertz CT molecular complexity index is 364. The van der Waals surface area contributed by atoms with Gasteiger partial charge in [0.2, 0.25) is 0 Å². The van der Waals surface area contributed by atoms with Crippen LogP contribution in [0.3, 0.4) is 0 Å². The van der Waals surface area contributed by atoms with Crippen molar-refractivity contribution < 1.29 is 13.0 Å². The molecule has 0 saturated heterocycles. The molecule has 0 N–H and O–H groups in total. The third kappa shape index (κ3) is 4.05. The van der Waals surface area contributed by atoms with Crippen molar-refractivity contribution in [2.24, 2.45) is 0 Å². The van der Waals surface area contributed by atoms with Crippen LogP contribution >= 0.6 is 0 Å². The molecule has 0 aliphatic carbocycles. The summed E-state index contributed by atoms with van der Waals surface area (Å²) in [6.45, 7) is 1.95. The maximum Gasteiger partial charge on any atom is 0.0949 e. The standard InChI is InChI=1S/C9H12O3S/c1-8-2-4-9(5-3-8)6-7-13(10,11)12/h2-5H,6-7H2,1H3,(H,10,11,12)/p-1. The van der Waals surface area contributed by atoms with Gasteiger partial charge in [0.05, 0.1) is 10.1 Å². The molecule has 0 aromatic heterocycles. The first-order chi connectivity index (χ1) is 5.97. The minimum Gasteiger partial charge on any atom is -0.748 e. The second-order valence-corrected chi connectivity index (χ2v) is 4.52. The van der Waals surface area contributed by atoms with E-state index in [1.165, 1.54) is 0 Å². The number of hydrogen-bond acceptors (Lipinski definition) is 3. The molecule has 0 unspecified atom stereocenters. The number of rotatable bonds is 3. The topological polar surface area (TPSA) is 57.2 Å². The molecule has 4 heteroatoms. The summed E-state index contributed by atoms with van der Waals surface area (Å²) < 4.78 is 30.9. The van der Waals surface area contributed by atoms with Gasteiger partial charge < -0.3 is 4.55 Å². The van der Waals surface area contributed by atoms with Gasteiger partial charge in [-0.3, -0.25) is 0 Å². The fraction of sp³-hybridized carbons (Fsp3) is 0.333. The van der Waals surface area contributed by atoms with Crippen LogP contribution in [0.2, 0.25) is 0 Å². The van der Waals surface area contributed by atoms with Crippen LogP contribution in [0.5, 0.6) is 0 Å². The van der Waals surface area contributed by atoms with E-state index >= 15 is 0 Å². The van der Waals surface area contributed by atoms with Gasteiger partial charge in [-0.2, -0.15) is 0 Å². The first-order valence-corrected chi connectivity index (χ1v) is 5.54. The summed E-state index contributed by atoms with van der Waals surface area (Å²) >= 11 is 0. The van der Waals surface area contributed by atoms with Crippen molar-refractivity contribution in [3.63, 3.8) is 0 Å². The smallest absolute Gasteiger partial charge is 0.0949 e. The molecule has 0 amide bonds. The summed E-state index contributed by atoms with van der Waals surface area (Å²) in [5.41, 5.74) is 2.00. The van der Waals surface area contributed by atoms with E-state index in [2.05, 4.69) is 0 Å². The highest BCUT2D eigenvalue weighted by Gasteiger charge is 1.97. The van der Waals surface area contributed by atoms with Crippen LogP contribution in [-0.2, 0) is 16.5 Å². The van der Waals surface area contributed by atoms with Crippen LogP contribution in [0.1, 0.15) is 11.1 Å². The third-order valence-electron chi connectivity index (χ3n) is 1.76. The van der Waals surface area contributed by atoms with E-state index < -0.39 is 10.1 Å². The Morgan fingerprint density at radius 2 is 1.77 bits per heavy atom. The number of aryl methyl sites for hydroxylation is 2. The molecule has 0 fully saturated rings. The molecule has 1 aromatic carbocycles. The van der Waals surface area contributed by atoms with Crippen molar-refractivity contribution in [3.8, 4) is 0 Å². The fourth-order valence-electron chi connectivity index (χ4n) is 0.998. The van der Waals surface area contributed by atoms with Crippen LogP contribution in [0.4, 0.5) is 0 Å². The Balaban J connectivity index is 2.61. The van der Waals surface area contributed by atoms with Gasteiger partial charge >= 0.3 is 0 Å². The molecule has 0 aliphatic heterocycles. The quantitative estimate of drug-likeness (QED) is 0.684. The molecule has 1 rings (SSSR count). The van der Waals surface area contributed by atoms with Crippen molar-refractivity contribution in [1.29, 1.82) is 0 Å². The summed E-state index contributed by atoms with van der Waals surface area (Å²) in [5.74, 6) is -0.323. The van der Waals surface area contributed by atoms with Gasteiger partial charge in [-0.25, -0.2) is 8.42 Å². The summed E-state index contributed by atoms with van der Waals surface area (Å²) in [5, 5.41) is 0. The minimum atomic E-state index is -4.08. The lowest BCUT2D eigenvalue weighted by Gasteiger charge is -2.06. The second kappa shape index (κ2) is 3.89. The molecule has 0 atom stereocenters. The van der Waals surface area contributed by atoms with Crippen LogP contribution < -0.4 is 0 Å². The van der Waals surface area contributed by atoms with Gasteiger partial charge in [0.15, 0.2) is 0 Å². The average molecular weight is 199 g/mol. The largest absolute Gasteiger partial charge is 0.748 e. The zero-order valence-electron chi connectivity index (χ0n) is 7.36. The molecule has 0 radical (unpaired) electrons. The molecule has 0 heterocycles. The van der Waals surface area contributed by atoms with Crippen molar-refractivity contribution in [2.45, 2.75) is 13.3 Å². The van der Waals surface area contributed by atoms with Gasteiger partial charge in [-0.15, -0.1) is 0 Å². The molecule has 0 spiro atoms. The maximum atomic E-state index is 10.3. The van der Waals surface area contributed by atoms with Crippen LogP contribution in [0.25, 0.3) is 0 Å². The molecular formula is C9H11O3S-. The van der Waals surface area contributed by atoms with Gasteiger partial charge in [0.1, 0.15) is 0 Å². The van der Waals surface area contributed by atoms with E-state index in [0.29, 0.717) is 6.42 Å². The predicted molar refractivity (Wildman–Crippen MR) is 49.4 cm³/mol. The lowest BCUT2D eigenvalue weighted by Crippen LogP contribution is -2.06. The fourth-order valence-corrected chi connectivity index (χ4v) is 1.48. The first kappa shape index (κ1) is 10.2. The third-order valence-corrected chi connectivity index (χ3v) is 2.47. The summed E-state index contributed by atoms with van der Waals surface area (Å²) in [6, 6.07) is 7.46. The highest BCUT2D eigenvalue weighted by molar-refractivity contribution is 7.85. The normalized spacial score (nSPS) is 11.5. The van der Waals surface area contributed by atoms with Gasteiger partial charge in [0.25, 0.3) is 0 Å². The van der Waals surface area contributed by atoms with E-state index in [1.807, 2.05) is 31.2 Å². The molecule has 1 aromatic rings. The summed E-state index contributed by atoms with van der Waals surface area (Å²) in [4.78, 5) is 0. The minimum absolute atomic E-state index is 0.298. The molecule has 0 bridgehead atoms. The second-order valence-electron chi connectivity index (χ2n) is 3.00. The Morgan fingerprint density at radius 3 is 2.23 bits per heavy atom. The Morgan fingerprint density at radius 1 is 1.23 bits per heavy atom. The van der Waals surface area contributed by atoms with Gasteiger partial charge in [0, 0.05) is 5.75 Å². The Kier molecular flexibility index (Phi) is 3.06. The van der Waals surface area contributed by atoms with E-state index in [9.17, 15) is 13.0 Å². The molecule has 0 saturated carbocycles. The number of hydrogen-bond donors (Lipinski definition) is 0. The predicted octanol–water partition coefficient (Wildman–Crippen LogP) is 1.08. The maximum absolute atomic E-state index is 10.3. The number of benzene rings is 1.